The summed E-state index contributed by atoms with van der Waals surface area (Å²) in [5, 5.41) is 11.7. The number of carbonyl (C=O) groups is 2. The van der Waals surface area contributed by atoms with Crippen LogP contribution in [0.1, 0.15) is 6.42 Å². The Balaban J connectivity index is 1.87. The van der Waals surface area contributed by atoms with Gasteiger partial charge in [0.15, 0.2) is 0 Å². The minimum atomic E-state index is -1.26. The van der Waals surface area contributed by atoms with E-state index < -0.39 is 29.5 Å². The smallest absolute Gasteiger partial charge is 0.234 e. The van der Waals surface area contributed by atoms with Gasteiger partial charge < -0.3 is 24.3 Å². The van der Waals surface area contributed by atoms with Crippen LogP contribution in [0.3, 0.4) is 0 Å². The van der Waals surface area contributed by atoms with Gasteiger partial charge >= 0.3 is 0 Å². The van der Waals surface area contributed by atoms with Crippen LogP contribution in [-0.2, 0) is 14.3 Å². The van der Waals surface area contributed by atoms with Crippen LogP contribution in [0, 0.1) is 11.8 Å². The van der Waals surface area contributed by atoms with Gasteiger partial charge in [0.05, 0.1) is 30.9 Å². The van der Waals surface area contributed by atoms with Crippen molar-refractivity contribution in [3.05, 3.63) is 49.1 Å². The molecule has 0 radical (unpaired) electrons. The molecule has 2 fully saturated rings. The van der Waals surface area contributed by atoms with Crippen molar-refractivity contribution in [2.75, 3.05) is 12.0 Å². The molecule has 3 heterocycles. The molecule has 0 aliphatic carbocycles. The Hall–Kier alpha value is -2.60. The van der Waals surface area contributed by atoms with Gasteiger partial charge in [0.1, 0.15) is 11.4 Å². The molecule has 2 saturated heterocycles. The van der Waals surface area contributed by atoms with Crippen LogP contribution < -0.4 is 14.7 Å². The van der Waals surface area contributed by atoms with Gasteiger partial charge in [0.25, 0.3) is 0 Å². The van der Waals surface area contributed by atoms with Gasteiger partial charge in [-0.2, -0.15) is 0 Å². The zero-order valence-electron chi connectivity index (χ0n) is 13.8. The Morgan fingerprint density at radius 2 is 2.24 bits per heavy atom. The first-order valence-electron chi connectivity index (χ1n) is 8.20. The number of carboxylic acids is 1. The van der Waals surface area contributed by atoms with E-state index in [0.29, 0.717) is 17.9 Å². The Morgan fingerprint density at radius 3 is 2.92 bits per heavy atom. The molecule has 0 unspecified atom stereocenters. The van der Waals surface area contributed by atoms with Gasteiger partial charge in [-0.15, -0.1) is 6.58 Å². The lowest BCUT2D eigenvalue weighted by Gasteiger charge is -2.33. The normalized spacial score (nSPS) is 35.1. The summed E-state index contributed by atoms with van der Waals surface area (Å²) >= 11 is 0. The first kappa shape index (κ1) is 15.9. The lowest BCUT2D eigenvalue weighted by Crippen LogP contribution is -2.46. The summed E-state index contributed by atoms with van der Waals surface area (Å²) in [5.41, 5.74) is -0.371. The first-order valence-corrected chi connectivity index (χ1v) is 8.20. The molecule has 130 valence electrons. The Bertz CT molecular complexity index is 788. The fourth-order valence-corrected chi connectivity index (χ4v) is 4.48. The van der Waals surface area contributed by atoms with Gasteiger partial charge in [-0.05, 0) is 18.6 Å². The van der Waals surface area contributed by atoms with Crippen LogP contribution in [0.5, 0.6) is 5.75 Å². The van der Waals surface area contributed by atoms with Crippen LogP contribution in [-0.4, -0.2) is 36.7 Å². The Labute approximate surface area is 145 Å². The number of anilines is 1. The fraction of sp³-hybridized carbons (Fsp3) is 0.368. The molecule has 4 rings (SSSR count). The van der Waals surface area contributed by atoms with Crippen molar-refractivity contribution in [3.63, 3.8) is 0 Å². The molecular formula is C19H18NO5-. The number of amides is 1. The van der Waals surface area contributed by atoms with E-state index >= 15 is 0 Å². The molecule has 6 heteroatoms. The molecule has 1 aromatic carbocycles. The van der Waals surface area contributed by atoms with Crippen molar-refractivity contribution in [3.8, 4) is 5.75 Å². The molecule has 0 saturated carbocycles. The quantitative estimate of drug-likeness (QED) is 0.737. The van der Waals surface area contributed by atoms with E-state index in [0.717, 1.165) is 0 Å². The molecule has 1 aromatic rings. The zero-order chi connectivity index (χ0) is 17.8. The second-order valence-corrected chi connectivity index (χ2v) is 6.54. The van der Waals surface area contributed by atoms with Gasteiger partial charge in [-0.25, -0.2) is 0 Å². The number of benzene rings is 1. The molecule has 6 nitrogen and oxygen atoms in total. The second-order valence-electron chi connectivity index (χ2n) is 6.54. The second kappa shape index (κ2) is 5.46. The highest BCUT2D eigenvalue weighted by molar-refractivity contribution is 6.04. The molecule has 5 atom stereocenters. The lowest BCUT2D eigenvalue weighted by molar-refractivity contribution is -0.313. The third-order valence-electron chi connectivity index (χ3n) is 5.43. The maximum atomic E-state index is 13.3. The highest BCUT2D eigenvalue weighted by Crippen LogP contribution is 2.57. The van der Waals surface area contributed by atoms with Gasteiger partial charge in [-0.3, -0.25) is 4.79 Å². The summed E-state index contributed by atoms with van der Waals surface area (Å²) in [6, 6.07) is 6.80. The third-order valence-corrected chi connectivity index (χ3v) is 5.43. The van der Waals surface area contributed by atoms with Gasteiger partial charge in [-0.1, -0.05) is 30.4 Å². The number of ether oxygens (including phenoxy) is 2. The third kappa shape index (κ3) is 1.94. The highest BCUT2D eigenvalue weighted by atomic mass is 16.5. The number of para-hydroxylation sites is 2. The summed E-state index contributed by atoms with van der Waals surface area (Å²) in [6.07, 6.45) is 5.13. The molecule has 0 aromatic heterocycles. The van der Waals surface area contributed by atoms with Crippen molar-refractivity contribution in [2.24, 2.45) is 11.8 Å². The molecular weight excluding hydrogens is 322 g/mol. The summed E-state index contributed by atoms with van der Waals surface area (Å²) in [4.78, 5) is 26.5. The Kier molecular flexibility index (Phi) is 3.47. The average molecular weight is 340 g/mol. The van der Waals surface area contributed by atoms with Crippen LogP contribution in [0.15, 0.2) is 49.1 Å². The largest absolute Gasteiger partial charge is 0.550 e. The Morgan fingerprint density at radius 1 is 1.48 bits per heavy atom. The summed E-state index contributed by atoms with van der Waals surface area (Å²) in [5.74, 6) is -2.78. The van der Waals surface area contributed by atoms with E-state index in [4.69, 9.17) is 9.47 Å². The number of aliphatic carboxylic acids is 1. The number of methoxy groups -OCH3 is 1. The van der Waals surface area contributed by atoms with Gasteiger partial charge in [0, 0.05) is 11.9 Å². The number of fused-ring (bicyclic) bond motifs is 1. The number of carboxylic acid groups (broad SMARTS) is 1. The number of carbonyl (C=O) groups excluding carboxylic acids is 2. The maximum absolute atomic E-state index is 13.3. The number of hydrogen-bond donors (Lipinski definition) is 0. The molecule has 1 spiro atoms. The zero-order valence-corrected chi connectivity index (χ0v) is 13.8. The molecule has 3 aliphatic rings. The summed E-state index contributed by atoms with van der Waals surface area (Å²) in [7, 11) is 1.53. The standard InChI is InChI=1S/C19H19NO5/c1-3-6-14-19-10-9-13(25-19)15(18(22)23)16(19)17(21)20(14)11-7-4-5-8-12(11)24-2/h3-5,7-10,13-16H,1,6H2,2H3,(H,22,23)/p-1/t13-,14-,15-,16+,19+/m0/s1. The molecule has 1 amide bonds. The van der Waals surface area contributed by atoms with Crippen LogP contribution in [0.2, 0.25) is 0 Å². The van der Waals surface area contributed by atoms with Crippen molar-refractivity contribution >= 4 is 17.6 Å². The van der Waals surface area contributed by atoms with E-state index in [1.165, 1.54) is 7.11 Å². The van der Waals surface area contributed by atoms with Crippen molar-refractivity contribution in [1.82, 2.24) is 0 Å². The van der Waals surface area contributed by atoms with E-state index in [9.17, 15) is 14.7 Å². The van der Waals surface area contributed by atoms with Crippen LogP contribution in [0.4, 0.5) is 5.69 Å². The molecule has 3 aliphatic heterocycles. The molecule has 0 N–H and O–H groups in total. The van der Waals surface area contributed by atoms with Crippen LogP contribution >= 0.6 is 0 Å². The van der Waals surface area contributed by atoms with Crippen molar-refractivity contribution in [1.29, 1.82) is 0 Å². The minimum absolute atomic E-state index is 0.280. The number of nitrogens with zero attached hydrogens (tertiary/aromatic N) is 1. The highest BCUT2D eigenvalue weighted by Gasteiger charge is 2.69. The predicted octanol–water partition coefficient (Wildman–Crippen LogP) is 0.676. The average Bonchev–Trinajstić information content (AvgIpc) is 3.24. The first-order chi connectivity index (χ1) is 12.0. The predicted molar refractivity (Wildman–Crippen MR) is 87.8 cm³/mol. The maximum Gasteiger partial charge on any atom is 0.234 e. The molecule has 2 bridgehead atoms. The SMILES string of the molecule is C=CC[C@@H]1N(c2ccccc2OC)C(=O)[C@H]2[C@@H](C(=O)[O-])[C@@H]3C=C[C@@]12O3. The summed E-state index contributed by atoms with van der Waals surface area (Å²) in [6.45, 7) is 3.79. The van der Waals surface area contributed by atoms with E-state index in [1.807, 2.05) is 18.2 Å². The lowest BCUT2D eigenvalue weighted by atomic mass is 9.74. The van der Waals surface area contributed by atoms with E-state index in [1.54, 1.807) is 29.2 Å². The van der Waals surface area contributed by atoms with Gasteiger partial charge in [0.2, 0.25) is 5.91 Å². The van der Waals surface area contributed by atoms with Crippen molar-refractivity contribution < 1.29 is 24.2 Å². The molecule has 25 heavy (non-hydrogen) atoms. The van der Waals surface area contributed by atoms with Crippen molar-refractivity contribution in [2.45, 2.75) is 24.2 Å². The monoisotopic (exact) mass is 340 g/mol. The topological polar surface area (TPSA) is 78.9 Å². The number of hydrogen-bond acceptors (Lipinski definition) is 5. The van der Waals surface area contributed by atoms with Crippen LogP contribution in [0.25, 0.3) is 0 Å². The van der Waals surface area contributed by atoms with E-state index in [-0.39, 0.29) is 11.9 Å². The fourth-order valence-electron chi connectivity index (χ4n) is 4.48. The minimum Gasteiger partial charge on any atom is -0.550 e. The summed E-state index contributed by atoms with van der Waals surface area (Å²) < 4.78 is 11.4. The van der Waals surface area contributed by atoms with E-state index in [2.05, 4.69) is 6.58 Å². The number of rotatable bonds is 5.